The van der Waals surface area contributed by atoms with Crippen molar-refractivity contribution in [1.82, 2.24) is 0 Å². The van der Waals surface area contributed by atoms with Crippen LogP contribution >= 0.6 is 0 Å². The summed E-state index contributed by atoms with van der Waals surface area (Å²) in [7, 11) is 0. The average Bonchev–Trinajstić information content (AvgIpc) is 3.18. The van der Waals surface area contributed by atoms with Gasteiger partial charge in [0.1, 0.15) is 0 Å². The van der Waals surface area contributed by atoms with Crippen LogP contribution in [0, 0.1) is 0 Å². The van der Waals surface area contributed by atoms with Crippen molar-refractivity contribution in [3.05, 3.63) is 84.9 Å². The largest absolute Gasteiger partial charge is 0.214 e. The van der Waals surface area contributed by atoms with Crippen LogP contribution < -0.4 is 0 Å². The van der Waals surface area contributed by atoms with E-state index in [0.717, 1.165) is 0 Å². The van der Waals surface area contributed by atoms with Gasteiger partial charge in [0.25, 0.3) is 0 Å². The second-order valence-electron chi connectivity index (χ2n) is 5.19. The van der Waals surface area contributed by atoms with Gasteiger partial charge in [-0.3, -0.25) is 0 Å². The van der Waals surface area contributed by atoms with Gasteiger partial charge in [-0.2, -0.15) is 18.2 Å². The van der Waals surface area contributed by atoms with Crippen molar-refractivity contribution in [2.75, 3.05) is 0 Å². The molecule has 1 heteroatoms. The third-order valence-electron chi connectivity index (χ3n) is 3.08. The molecule has 0 amide bonds. The second kappa shape index (κ2) is 8.49. The Labute approximate surface area is 140 Å². The van der Waals surface area contributed by atoms with E-state index in [1.807, 2.05) is 44.2 Å². The van der Waals surface area contributed by atoms with Gasteiger partial charge in [-0.1, -0.05) is 36.4 Å². The van der Waals surface area contributed by atoms with E-state index in [1.54, 1.807) is 0 Å². The molecule has 4 rings (SSSR count). The minimum Gasteiger partial charge on any atom is -0.214 e. The number of hydrogen-bond acceptors (Lipinski definition) is 0. The van der Waals surface area contributed by atoms with Crippen molar-refractivity contribution in [3.63, 3.8) is 0 Å². The molecular formula is C21H20Cr-2. The van der Waals surface area contributed by atoms with E-state index >= 15 is 0 Å². The second-order valence-corrected chi connectivity index (χ2v) is 6.46. The Kier molecular flexibility index (Phi) is 6.34. The number of benzene rings is 2. The molecule has 112 valence electrons. The number of fused-ring (bicyclic) bond motifs is 3. The summed E-state index contributed by atoms with van der Waals surface area (Å²) < 4.78 is 1.29. The maximum Gasteiger partial charge on any atom is -0.0771 e. The predicted molar refractivity (Wildman–Crippen MR) is 95.4 cm³/mol. The van der Waals surface area contributed by atoms with Crippen LogP contribution in [-0.4, -0.2) is 4.38 Å². The normalized spacial score (nSPS) is 9.55. The number of rotatable bonds is 0. The average molecular weight is 324 g/mol. The summed E-state index contributed by atoms with van der Waals surface area (Å²) in [5.41, 5.74) is 0. The van der Waals surface area contributed by atoms with Gasteiger partial charge in [0.2, 0.25) is 0 Å². The van der Waals surface area contributed by atoms with Crippen molar-refractivity contribution in [2.24, 2.45) is 0 Å². The molecule has 0 atom stereocenters. The Balaban J connectivity index is 0.000000163. The maximum atomic E-state index is 2.82. The molecule has 0 fully saturated rings. The maximum absolute atomic E-state index is 2.82. The summed E-state index contributed by atoms with van der Waals surface area (Å²) in [5, 5.41) is 5.39. The molecule has 0 radical (unpaired) electrons. The first kappa shape index (κ1) is 16.4. The van der Waals surface area contributed by atoms with E-state index in [2.05, 4.69) is 70.4 Å². The molecule has 0 aliphatic rings. The van der Waals surface area contributed by atoms with Gasteiger partial charge in [-0.25, -0.2) is 12.1 Å². The molecule has 4 aromatic carbocycles. The van der Waals surface area contributed by atoms with Crippen LogP contribution in [0.1, 0.15) is 13.8 Å². The fourth-order valence-corrected chi connectivity index (χ4v) is 2.22. The van der Waals surface area contributed by atoms with E-state index in [-0.39, 0.29) is 0 Å². The molecule has 0 heterocycles. The van der Waals surface area contributed by atoms with Crippen molar-refractivity contribution in [2.45, 2.75) is 13.8 Å². The molecule has 0 aliphatic heterocycles. The van der Waals surface area contributed by atoms with E-state index in [0.29, 0.717) is 0 Å². The smallest absolute Gasteiger partial charge is 0.0771 e. The fourth-order valence-electron chi connectivity index (χ4n) is 2.22. The standard InChI is InChI=1S/C13H9.C5H5.C3H6.Cr/c1-3-7-12-10(5-1)9-11-6-2-4-8-13(11)12;1-2-4-5-3-1;1-3-2;/h1-9H;1-5H;1-2H3;/q2*-1;;. The third kappa shape index (κ3) is 4.81. The first-order valence-corrected chi connectivity index (χ1v) is 7.99. The third-order valence-corrected chi connectivity index (χ3v) is 3.08. The Morgan fingerprint density at radius 3 is 1.50 bits per heavy atom. The summed E-state index contributed by atoms with van der Waals surface area (Å²) >= 11 is 2.82. The summed E-state index contributed by atoms with van der Waals surface area (Å²) in [4.78, 5) is 0. The van der Waals surface area contributed by atoms with E-state index < -0.39 is 0 Å². The summed E-state index contributed by atoms with van der Waals surface area (Å²) in [6.07, 6.45) is 0. The van der Waals surface area contributed by atoms with E-state index in [1.165, 1.54) is 25.9 Å². The molecule has 0 unspecified atom stereocenters. The first-order valence-electron chi connectivity index (χ1n) is 7.35. The summed E-state index contributed by atoms with van der Waals surface area (Å²) in [6, 6.07) is 29.3. The van der Waals surface area contributed by atoms with Gasteiger partial charge in [-0.05, 0) is 0 Å². The molecule has 0 saturated carbocycles. The Hall–Kier alpha value is -1.94. The Bertz CT molecular complexity index is 748. The van der Waals surface area contributed by atoms with Gasteiger partial charge in [-0.15, -0.1) is 39.7 Å². The Morgan fingerprint density at radius 2 is 1.14 bits per heavy atom. The molecule has 0 nitrogen and oxygen atoms in total. The van der Waals surface area contributed by atoms with Crippen LogP contribution in [0.2, 0.25) is 0 Å². The van der Waals surface area contributed by atoms with Gasteiger partial charge in [0.05, 0.1) is 0 Å². The van der Waals surface area contributed by atoms with Crippen LogP contribution in [0.25, 0.3) is 21.5 Å². The molecule has 0 aliphatic carbocycles. The van der Waals surface area contributed by atoms with Crippen molar-refractivity contribution < 1.29 is 15.9 Å². The zero-order valence-electron chi connectivity index (χ0n) is 13.0. The van der Waals surface area contributed by atoms with Crippen LogP contribution in [0.4, 0.5) is 0 Å². The van der Waals surface area contributed by atoms with Gasteiger partial charge in [0.15, 0.2) is 0 Å². The van der Waals surface area contributed by atoms with Crippen molar-refractivity contribution in [3.8, 4) is 0 Å². The quantitative estimate of drug-likeness (QED) is 0.355. The topological polar surface area (TPSA) is 0 Å². The molecular weight excluding hydrogens is 304 g/mol. The molecule has 0 spiro atoms. The first-order chi connectivity index (χ1) is 10.7. The SMILES string of the molecule is C[C](C)=[Cr].c1cc[cH-]c1.c1ccc2c(c1)[cH-]c1ccccc12. The monoisotopic (exact) mass is 324 g/mol. The van der Waals surface area contributed by atoms with Gasteiger partial charge in [0, 0.05) is 0 Å². The molecule has 0 bridgehead atoms. The Morgan fingerprint density at radius 1 is 0.727 bits per heavy atom. The predicted octanol–water partition coefficient (Wildman–Crippen LogP) is 5.86. The van der Waals surface area contributed by atoms with E-state index in [9.17, 15) is 0 Å². The summed E-state index contributed by atoms with van der Waals surface area (Å²) in [6.45, 7) is 4.06. The fraction of sp³-hybridized carbons (Fsp3) is 0.0952. The molecule has 0 aromatic heterocycles. The number of hydrogen-bond donors (Lipinski definition) is 0. The van der Waals surface area contributed by atoms with Crippen LogP contribution in [0.3, 0.4) is 0 Å². The molecule has 0 N–H and O–H groups in total. The van der Waals surface area contributed by atoms with Crippen LogP contribution in [0.15, 0.2) is 84.9 Å². The molecule has 0 saturated heterocycles. The van der Waals surface area contributed by atoms with Gasteiger partial charge < -0.3 is 0 Å². The molecule has 22 heavy (non-hydrogen) atoms. The van der Waals surface area contributed by atoms with Crippen molar-refractivity contribution >= 4 is 25.9 Å². The van der Waals surface area contributed by atoms with Crippen LogP contribution in [-0.2, 0) is 15.9 Å². The van der Waals surface area contributed by atoms with Gasteiger partial charge >= 0.3 is 34.1 Å². The van der Waals surface area contributed by atoms with E-state index in [4.69, 9.17) is 0 Å². The van der Waals surface area contributed by atoms with Crippen molar-refractivity contribution in [1.29, 1.82) is 0 Å². The minimum absolute atomic E-state index is 1.29. The zero-order valence-corrected chi connectivity index (χ0v) is 14.3. The summed E-state index contributed by atoms with van der Waals surface area (Å²) in [5.74, 6) is 0. The minimum atomic E-state index is 1.29. The zero-order chi connectivity index (χ0) is 15.8. The molecule has 4 aromatic rings. The van der Waals surface area contributed by atoms with Crippen LogP contribution in [0.5, 0.6) is 0 Å².